The number of hydrogen-bond acceptors (Lipinski definition) is 7. The van der Waals surface area contributed by atoms with Gasteiger partial charge in [-0.3, -0.25) is 9.59 Å². The monoisotopic (exact) mass is 779 g/mol. The Labute approximate surface area is 330 Å². The van der Waals surface area contributed by atoms with Gasteiger partial charge < -0.3 is 18.9 Å². The van der Waals surface area contributed by atoms with Crippen LogP contribution in [0.25, 0.3) is 39.5 Å². The average Bonchev–Trinajstić information content (AvgIpc) is 3.74. The van der Waals surface area contributed by atoms with Gasteiger partial charge in [0.1, 0.15) is 5.75 Å². The average molecular weight is 780 g/mol. The fourth-order valence-electron chi connectivity index (χ4n) is 8.12. The van der Waals surface area contributed by atoms with E-state index in [1.165, 1.54) is 12.0 Å². The van der Waals surface area contributed by atoms with Crippen LogP contribution in [-0.4, -0.2) is 78.1 Å². The van der Waals surface area contributed by atoms with Gasteiger partial charge in [0.25, 0.3) is 11.8 Å². The smallest absolute Gasteiger partial charge is 0.264 e. The Morgan fingerprint density at radius 2 is 1.73 bits per heavy atom. The molecular formula is C44H53N5O6S. The summed E-state index contributed by atoms with van der Waals surface area (Å²) in [4.78, 5) is 30.0. The van der Waals surface area contributed by atoms with E-state index in [1.54, 1.807) is 45.2 Å². The number of nitrogens with zero attached hydrogens (tertiary/aromatic N) is 4. The van der Waals surface area contributed by atoms with Crippen LogP contribution in [0.15, 0.2) is 72.9 Å². The van der Waals surface area contributed by atoms with Crippen LogP contribution in [0.3, 0.4) is 0 Å². The Bertz CT molecular complexity index is 2410. The normalized spacial score (nSPS) is 15.2. The third kappa shape index (κ3) is 7.39. The maximum Gasteiger partial charge on any atom is 0.264 e. The summed E-state index contributed by atoms with van der Waals surface area (Å²) in [6.07, 6.45) is 9.14. The van der Waals surface area contributed by atoms with Crippen molar-refractivity contribution < 1.29 is 28.9 Å². The highest BCUT2D eigenvalue weighted by Crippen LogP contribution is 2.48. The summed E-state index contributed by atoms with van der Waals surface area (Å²) in [6, 6.07) is 21.4. The van der Waals surface area contributed by atoms with Gasteiger partial charge in [-0.05, 0) is 112 Å². The minimum atomic E-state index is -3.86. The van der Waals surface area contributed by atoms with E-state index in [0.717, 1.165) is 64.7 Å². The van der Waals surface area contributed by atoms with Crippen molar-refractivity contribution >= 4 is 44.4 Å². The van der Waals surface area contributed by atoms with E-state index < -0.39 is 21.2 Å². The molecule has 0 unspecified atom stereocenters. The van der Waals surface area contributed by atoms with Crippen molar-refractivity contribution in [3.63, 3.8) is 0 Å². The van der Waals surface area contributed by atoms with Crippen molar-refractivity contribution in [2.24, 2.45) is 0 Å². The van der Waals surface area contributed by atoms with Crippen LogP contribution in [-0.2, 0) is 21.3 Å². The van der Waals surface area contributed by atoms with Gasteiger partial charge in [-0.25, -0.2) is 17.8 Å². The second-order valence-electron chi connectivity index (χ2n) is 15.1. The highest BCUT2D eigenvalue weighted by molar-refractivity contribution is 7.90. The first-order valence-corrected chi connectivity index (χ1v) is 21.1. The second kappa shape index (κ2) is 16.1. The SMILES string of the molecule is CCN(C[C@@H](C)OC)C(=O)c1cnn(-c2ccccc2)c1C1=Cc2cc(OC)ccc2-c2c(C3CCCCC3)c3ccc(C(=O)NS(=O)(=O)C(C)C)cc3n2C1.[HH]. The number of methoxy groups -OCH3 is 2. The molecular weight excluding hydrogens is 727 g/mol. The predicted molar refractivity (Wildman–Crippen MR) is 223 cm³/mol. The number of amides is 2. The lowest BCUT2D eigenvalue weighted by atomic mass is 9.81. The lowest BCUT2D eigenvalue weighted by Gasteiger charge is -2.24. The van der Waals surface area contributed by atoms with Gasteiger partial charge in [-0.1, -0.05) is 43.5 Å². The number of carbonyl (C=O) groups excluding carboxylic acids is 2. The molecule has 1 N–H and O–H groups in total. The highest BCUT2D eigenvalue weighted by atomic mass is 32.2. The van der Waals surface area contributed by atoms with Gasteiger partial charge in [0, 0.05) is 43.7 Å². The minimum Gasteiger partial charge on any atom is -0.497 e. The van der Waals surface area contributed by atoms with Gasteiger partial charge in [-0.2, -0.15) is 5.10 Å². The zero-order chi connectivity index (χ0) is 39.7. The van der Waals surface area contributed by atoms with E-state index in [1.807, 2.05) is 73.1 Å². The first-order valence-electron chi connectivity index (χ1n) is 19.5. The molecule has 0 radical (unpaired) electrons. The van der Waals surface area contributed by atoms with Crippen LogP contribution in [0.5, 0.6) is 5.75 Å². The summed E-state index contributed by atoms with van der Waals surface area (Å²) in [5.74, 6) is 0.153. The van der Waals surface area contributed by atoms with E-state index >= 15 is 0 Å². The van der Waals surface area contributed by atoms with Crippen molar-refractivity contribution in [2.75, 3.05) is 27.3 Å². The highest BCUT2D eigenvalue weighted by Gasteiger charge is 2.33. The van der Waals surface area contributed by atoms with Gasteiger partial charge in [0.2, 0.25) is 10.0 Å². The lowest BCUT2D eigenvalue weighted by molar-refractivity contribution is 0.0551. The number of carbonyl (C=O) groups is 2. The van der Waals surface area contributed by atoms with Gasteiger partial charge >= 0.3 is 0 Å². The maximum atomic E-state index is 14.6. The van der Waals surface area contributed by atoms with Gasteiger partial charge in [-0.15, -0.1) is 0 Å². The summed E-state index contributed by atoms with van der Waals surface area (Å²) in [5.41, 5.74) is 8.02. The number of aromatic nitrogens is 3. The second-order valence-corrected chi connectivity index (χ2v) is 17.3. The number of hydrogen-bond donors (Lipinski definition) is 1. The predicted octanol–water partition coefficient (Wildman–Crippen LogP) is 8.32. The molecule has 56 heavy (non-hydrogen) atoms. The van der Waals surface area contributed by atoms with Crippen LogP contribution in [0.2, 0.25) is 0 Å². The molecule has 2 amide bonds. The third-order valence-electron chi connectivity index (χ3n) is 11.3. The maximum absolute atomic E-state index is 14.6. The number of rotatable bonds is 12. The molecule has 1 saturated carbocycles. The molecule has 1 aliphatic carbocycles. The Morgan fingerprint density at radius 1 is 0.982 bits per heavy atom. The fraction of sp³-hybridized carbons (Fsp3) is 0.386. The first-order chi connectivity index (χ1) is 26.9. The summed E-state index contributed by atoms with van der Waals surface area (Å²) in [5, 5.41) is 5.11. The topological polar surface area (TPSA) is 125 Å². The van der Waals surface area contributed by atoms with Gasteiger partial charge in [0.15, 0.2) is 0 Å². The quantitative estimate of drug-likeness (QED) is 0.135. The summed E-state index contributed by atoms with van der Waals surface area (Å²) in [7, 11) is -0.567. The third-order valence-corrected chi connectivity index (χ3v) is 13.0. The summed E-state index contributed by atoms with van der Waals surface area (Å²) >= 11 is 0. The molecule has 0 saturated heterocycles. The number of nitrogens with one attached hydrogen (secondary N) is 1. The zero-order valence-corrected chi connectivity index (χ0v) is 33.9. The summed E-state index contributed by atoms with van der Waals surface area (Å²) < 4.78 is 43.3. The van der Waals surface area contributed by atoms with E-state index in [4.69, 9.17) is 14.6 Å². The molecule has 3 aromatic carbocycles. The number of likely N-dealkylation sites (N-methyl/N-ethyl adjacent to an activating group) is 1. The number of sulfonamides is 1. The molecule has 1 fully saturated rings. The van der Waals surface area contributed by atoms with Gasteiger partial charge in [0.05, 0.1) is 53.8 Å². The molecule has 0 spiro atoms. The molecule has 1 atom stereocenters. The molecule has 12 heteroatoms. The molecule has 0 bridgehead atoms. The first kappa shape index (κ1) is 39.1. The number of allylic oxidation sites excluding steroid dienone is 1. The largest absolute Gasteiger partial charge is 0.497 e. The van der Waals surface area contributed by atoms with E-state index in [9.17, 15) is 18.0 Å². The Morgan fingerprint density at radius 3 is 2.41 bits per heavy atom. The fourth-order valence-corrected chi connectivity index (χ4v) is 8.73. The Balaban J connectivity index is 0.00000549. The standard InChI is InChI=1S/C44H51N5O6S.H2/c1-7-47(26-29(4)54-5)44(51)38-25-45-49(34-16-12-9-13-17-34)41(38)33-22-32-23-35(55-6)19-21-36(32)42-40(30-14-10-8-11-15-30)37-20-18-31(24-39(37)48(42)27-33)43(50)46-56(52,53)28(2)3;/h9,12-13,16-25,28-30H,7-8,10-11,14-15,26-27H2,1-6H3,(H,46,50);1H/t29-;/m1./s1. The summed E-state index contributed by atoms with van der Waals surface area (Å²) in [6.45, 7) is 8.22. The van der Waals surface area contributed by atoms with E-state index in [-0.39, 0.29) is 24.9 Å². The molecule has 3 heterocycles. The zero-order valence-electron chi connectivity index (χ0n) is 33.0. The van der Waals surface area contributed by atoms with Crippen molar-refractivity contribution in [2.45, 2.75) is 83.6 Å². The van der Waals surface area contributed by atoms with Crippen LogP contribution in [0.4, 0.5) is 0 Å². The Kier molecular flexibility index (Phi) is 11.2. The van der Waals surface area contributed by atoms with Crippen LogP contribution < -0.4 is 9.46 Å². The van der Waals surface area contributed by atoms with Crippen LogP contribution in [0, 0.1) is 0 Å². The molecule has 2 aliphatic rings. The lowest BCUT2D eigenvalue weighted by Crippen LogP contribution is -2.37. The molecule has 5 aromatic rings. The van der Waals surface area contributed by atoms with Crippen molar-refractivity contribution in [3.8, 4) is 22.7 Å². The van der Waals surface area contributed by atoms with Crippen LogP contribution in [0.1, 0.15) is 105 Å². The van der Waals surface area contributed by atoms with Crippen molar-refractivity contribution in [1.82, 2.24) is 24.0 Å². The van der Waals surface area contributed by atoms with Crippen LogP contribution >= 0.6 is 0 Å². The number of benzene rings is 3. The molecule has 11 nitrogen and oxygen atoms in total. The minimum absolute atomic E-state index is 0. The Hall–Kier alpha value is -5.20. The molecule has 7 rings (SSSR count). The van der Waals surface area contributed by atoms with Crippen molar-refractivity contribution in [3.05, 3.63) is 101 Å². The number of ether oxygens (including phenoxy) is 2. The van der Waals surface area contributed by atoms with E-state index in [0.29, 0.717) is 36.6 Å². The molecule has 1 aliphatic heterocycles. The molecule has 296 valence electrons. The van der Waals surface area contributed by atoms with Crippen molar-refractivity contribution in [1.29, 1.82) is 0 Å². The number of para-hydroxylation sites is 1. The molecule has 2 aromatic heterocycles. The van der Waals surface area contributed by atoms with E-state index in [2.05, 4.69) is 21.4 Å². The number of fused-ring (bicyclic) bond motifs is 5.